The predicted molar refractivity (Wildman–Crippen MR) is 236 cm³/mol. The van der Waals surface area contributed by atoms with Gasteiger partial charge in [-0.3, -0.25) is 38.4 Å². The number of carboxylic acid groups (broad SMARTS) is 1. The Morgan fingerprint density at radius 1 is 0.812 bits per heavy atom. The summed E-state index contributed by atoms with van der Waals surface area (Å²) in [7, 11) is 0. The normalized spacial score (nSPS) is 17.7. The van der Waals surface area contributed by atoms with Crippen LogP contribution < -0.4 is 16.0 Å². The molecule has 0 spiro atoms. The van der Waals surface area contributed by atoms with Crippen LogP contribution in [0.15, 0.2) is 54.6 Å². The van der Waals surface area contributed by atoms with E-state index in [0.717, 1.165) is 16.7 Å². The lowest BCUT2D eigenvalue weighted by atomic mass is 9.88. The fourth-order valence-corrected chi connectivity index (χ4v) is 8.13. The van der Waals surface area contributed by atoms with Gasteiger partial charge in [0.15, 0.2) is 5.78 Å². The number of ketones is 3. The van der Waals surface area contributed by atoms with E-state index in [4.69, 9.17) is 9.84 Å². The summed E-state index contributed by atoms with van der Waals surface area (Å²) in [5.41, 5.74) is 2.88. The Bertz CT molecular complexity index is 2000. The largest absolute Gasteiger partial charge is 0.481 e. The van der Waals surface area contributed by atoms with E-state index >= 15 is 0 Å². The first-order chi connectivity index (χ1) is 30.4. The summed E-state index contributed by atoms with van der Waals surface area (Å²) in [4.78, 5) is 123. The molecule has 348 valence electrons. The van der Waals surface area contributed by atoms with Crippen molar-refractivity contribution in [1.29, 1.82) is 0 Å². The number of carbonyl (C=O) groups is 9. The number of unbranched alkanes of at least 4 members (excludes halogenated alkanes) is 1. The van der Waals surface area contributed by atoms with E-state index in [1.165, 1.54) is 11.8 Å². The molecule has 2 heterocycles. The van der Waals surface area contributed by atoms with Crippen LogP contribution >= 0.6 is 0 Å². The molecule has 2 aliphatic heterocycles. The van der Waals surface area contributed by atoms with Crippen LogP contribution in [0.1, 0.15) is 110 Å². The minimum absolute atomic E-state index is 0.0659. The molecule has 0 saturated carbocycles. The van der Waals surface area contributed by atoms with Gasteiger partial charge >= 0.3 is 12.1 Å². The van der Waals surface area contributed by atoms with Crippen LogP contribution in [0.2, 0.25) is 0 Å². The average molecular weight is 888 g/mol. The molecule has 2 aromatic rings. The molecule has 4 N–H and O–H groups in total. The van der Waals surface area contributed by atoms with Crippen molar-refractivity contribution in [2.45, 2.75) is 143 Å². The standard InChI is InChI=1S/C48H65N5O11/c1-7-15-38(43(58)46(61)50-39(31(6)54)24-32-16-9-8-10-17-32)49-45(60)40-26-36(64-48(63)52-23-22-33-18-11-12-19-34(33)27-52)28-53(40)47(62)42(30(4)5)51-44(59)37(29(2)3)25-35(55)20-13-14-21-41(56)57/h8-12,16-19,29-30,36-40,42H,7,13-15,20-28H2,1-6H3,(H,49,60)(H,50,61)(H,51,59)(H,56,57)/t36?,37-,38?,39-,40?,42-/m0/s1. The maximum absolute atomic E-state index is 14.6. The van der Waals surface area contributed by atoms with Crippen molar-refractivity contribution in [2.75, 3.05) is 13.1 Å². The third kappa shape index (κ3) is 14.6. The number of hydrogen-bond acceptors (Lipinski definition) is 10. The molecular weight excluding hydrogens is 823 g/mol. The SMILES string of the molecule is CCCC(NC(=O)C1CC(OC(=O)N2CCc3ccccc3C2)CN1C(=O)[C@@H](NC(=O)[C@@H](CC(=O)CCCCC(=O)O)C(C)C)C(C)C)C(=O)C(=O)N[C@@H](Cc1ccccc1)C(C)=O. The first-order valence-electron chi connectivity index (χ1n) is 22.5. The average Bonchev–Trinajstić information content (AvgIpc) is 3.68. The molecule has 0 bridgehead atoms. The maximum Gasteiger partial charge on any atom is 0.410 e. The predicted octanol–water partition coefficient (Wildman–Crippen LogP) is 4.34. The van der Waals surface area contributed by atoms with Crippen LogP contribution in [0.5, 0.6) is 0 Å². The minimum atomic E-state index is -1.32. The van der Waals surface area contributed by atoms with Crippen LogP contribution in [-0.2, 0) is 62.5 Å². The Morgan fingerprint density at radius 2 is 1.47 bits per heavy atom. The zero-order chi connectivity index (χ0) is 47.1. The van der Waals surface area contributed by atoms with Crippen molar-refractivity contribution < 1.29 is 53.0 Å². The highest BCUT2D eigenvalue weighted by Crippen LogP contribution is 2.27. The number of aliphatic carboxylic acids is 1. The van der Waals surface area contributed by atoms with E-state index in [9.17, 15) is 43.2 Å². The molecule has 64 heavy (non-hydrogen) atoms. The molecule has 2 aliphatic rings. The van der Waals surface area contributed by atoms with Gasteiger partial charge in [-0.05, 0) is 67.6 Å². The van der Waals surface area contributed by atoms with Crippen LogP contribution in [0.3, 0.4) is 0 Å². The Morgan fingerprint density at radius 3 is 2.09 bits per heavy atom. The topological polar surface area (TPSA) is 226 Å². The molecule has 0 radical (unpaired) electrons. The maximum atomic E-state index is 14.6. The van der Waals surface area contributed by atoms with E-state index in [2.05, 4.69) is 16.0 Å². The van der Waals surface area contributed by atoms with Crippen molar-refractivity contribution >= 4 is 53.0 Å². The van der Waals surface area contributed by atoms with Gasteiger partial charge in [-0.1, -0.05) is 95.6 Å². The van der Waals surface area contributed by atoms with Crippen molar-refractivity contribution in [1.82, 2.24) is 25.8 Å². The van der Waals surface area contributed by atoms with Crippen LogP contribution in [0, 0.1) is 17.8 Å². The van der Waals surface area contributed by atoms with Gasteiger partial charge in [-0.25, -0.2) is 4.79 Å². The molecule has 1 saturated heterocycles. The summed E-state index contributed by atoms with van der Waals surface area (Å²) in [5.74, 6) is -7.09. The number of nitrogens with one attached hydrogen (secondary N) is 3. The second-order valence-corrected chi connectivity index (χ2v) is 17.7. The quantitative estimate of drug-likeness (QED) is 0.0907. The molecule has 16 heteroatoms. The summed E-state index contributed by atoms with van der Waals surface area (Å²) in [6, 6.07) is 12.0. The van der Waals surface area contributed by atoms with Crippen LogP contribution in [0.25, 0.3) is 0 Å². The molecule has 16 nitrogen and oxygen atoms in total. The number of nitrogens with zero attached hydrogens (tertiary/aromatic N) is 2. The lowest BCUT2D eigenvalue weighted by Gasteiger charge is -2.32. The first kappa shape index (κ1) is 50.7. The molecule has 5 amide bonds. The summed E-state index contributed by atoms with van der Waals surface area (Å²) >= 11 is 0. The minimum Gasteiger partial charge on any atom is -0.481 e. The zero-order valence-electron chi connectivity index (χ0n) is 37.9. The van der Waals surface area contributed by atoms with Crippen molar-refractivity contribution in [2.24, 2.45) is 17.8 Å². The Hall–Kier alpha value is -5.93. The Balaban J connectivity index is 1.55. The molecule has 4 rings (SSSR count). The third-order valence-electron chi connectivity index (χ3n) is 11.9. The number of fused-ring (bicyclic) bond motifs is 1. The highest BCUT2D eigenvalue weighted by Gasteiger charge is 2.46. The number of amides is 5. The van der Waals surface area contributed by atoms with Gasteiger partial charge in [0.05, 0.1) is 18.6 Å². The van der Waals surface area contributed by atoms with E-state index in [1.807, 2.05) is 30.3 Å². The van der Waals surface area contributed by atoms with Gasteiger partial charge in [-0.15, -0.1) is 0 Å². The van der Waals surface area contributed by atoms with Gasteiger partial charge in [0.1, 0.15) is 24.0 Å². The van der Waals surface area contributed by atoms with Crippen LogP contribution in [0.4, 0.5) is 4.79 Å². The molecule has 0 aliphatic carbocycles. The highest BCUT2D eigenvalue weighted by molar-refractivity contribution is 6.38. The fourth-order valence-electron chi connectivity index (χ4n) is 8.13. The zero-order valence-corrected chi connectivity index (χ0v) is 37.9. The number of Topliss-reactive ketones (excluding diaryl/α,β-unsaturated/α-hetero) is 3. The van der Waals surface area contributed by atoms with E-state index in [0.29, 0.717) is 38.8 Å². The second kappa shape index (κ2) is 24.2. The molecule has 0 aromatic heterocycles. The fraction of sp³-hybridized carbons (Fsp3) is 0.562. The summed E-state index contributed by atoms with van der Waals surface area (Å²) in [5, 5.41) is 17.0. The smallest absolute Gasteiger partial charge is 0.410 e. The van der Waals surface area contributed by atoms with Gasteiger partial charge in [0.25, 0.3) is 5.91 Å². The first-order valence-corrected chi connectivity index (χ1v) is 22.5. The number of likely N-dealkylation sites (tertiary alicyclic amines) is 1. The summed E-state index contributed by atoms with van der Waals surface area (Å²) < 4.78 is 5.96. The Labute approximate surface area is 375 Å². The number of carbonyl (C=O) groups excluding carboxylic acids is 8. The molecular formula is C48H65N5O11. The van der Waals surface area contributed by atoms with Gasteiger partial charge in [-0.2, -0.15) is 0 Å². The van der Waals surface area contributed by atoms with Gasteiger partial charge in [0, 0.05) is 44.7 Å². The van der Waals surface area contributed by atoms with E-state index in [-0.39, 0.29) is 62.6 Å². The molecule has 2 aromatic carbocycles. The van der Waals surface area contributed by atoms with Gasteiger partial charge < -0.3 is 35.6 Å². The van der Waals surface area contributed by atoms with Crippen molar-refractivity contribution in [3.8, 4) is 0 Å². The highest BCUT2D eigenvalue weighted by atomic mass is 16.6. The van der Waals surface area contributed by atoms with Crippen molar-refractivity contribution in [3.05, 3.63) is 71.3 Å². The molecule has 6 atom stereocenters. The summed E-state index contributed by atoms with van der Waals surface area (Å²) in [6.07, 6.45) is 0.138. The number of ether oxygens (including phenoxy) is 1. The monoisotopic (exact) mass is 887 g/mol. The van der Waals surface area contributed by atoms with E-state index < -0.39 is 83.6 Å². The second-order valence-electron chi connectivity index (χ2n) is 17.7. The Kier molecular flexibility index (Phi) is 19.2. The van der Waals surface area contributed by atoms with Gasteiger partial charge in [0.2, 0.25) is 23.5 Å². The number of benzene rings is 2. The molecule has 1 fully saturated rings. The lowest BCUT2D eigenvalue weighted by molar-refractivity contribution is -0.145. The number of carboxylic acids is 1. The van der Waals surface area contributed by atoms with E-state index in [1.54, 1.807) is 63.8 Å². The molecule has 3 unspecified atom stereocenters. The van der Waals surface area contributed by atoms with Crippen LogP contribution in [-0.4, -0.2) is 111 Å². The summed E-state index contributed by atoms with van der Waals surface area (Å²) in [6.45, 7) is 10.6. The lowest BCUT2D eigenvalue weighted by Crippen LogP contribution is -2.58. The van der Waals surface area contributed by atoms with Crippen molar-refractivity contribution in [3.63, 3.8) is 0 Å². The third-order valence-corrected chi connectivity index (χ3v) is 11.9. The number of hydrogen-bond donors (Lipinski definition) is 4. The number of rotatable bonds is 23.